The van der Waals surface area contributed by atoms with Crippen LogP contribution >= 0.6 is 0 Å². The van der Waals surface area contributed by atoms with E-state index in [9.17, 15) is 9.59 Å². The van der Waals surface area contributed by atoms with E-state index in [1.165, 1.54) is 4.90 Å². The van der Waals surface area contributed by atoms with Crippen molar-refractivity contribution in [1.82, 2.24) is 4.90 Å². The first-order valence-electron chi connectivity index (χ1n) is 18.7. The Hall–Kier alpha value is -2.71. The number of imide groups is 1. The molecule has 50 heavy (non-hydrogen) atoms. The topological polar surface area (TPSA) is 92.8 Å². The Morgan fingerprint density at radius 2 is 1.40 bits per heavy atom. The molecule has 0 saturated carbocycles. The van der Waals surface area contributed by atoms with Gasteiger partial charge in [-0.2, -0.15) is 0 Å². The van der Waals surface area contributed by atoms with Gasteiger partial charge in [0.2, 0.25) is 0 Å². The minimum atomic E-state index is -2.28. The van der Waals surface area contributed by atoms with Crippen molar-refractivity contribution < 1.29 is 37.4 Å². The fourth-order valence-electron chi connectivity index (χ4n) is 7.26. The van der Waals surface area contributed by atoms with Crippen LogP contribution in [0.2, 0.25) is 36.3 Å². The van der Waals surface area contributed by atoms with Gasteiger partial charge in [0.25, 0.3) is 5.91 Å². The lowest BCUT2D eigenvalue weighted by atomic mass is 9.93. The van der Waals surface area contributed by atoms with Crippen LogP contribution in [0.3, 0.4) is 0 Å². The molecular formula is C39H63NO8Si2. The van der Waals surface area contributed by atoms with Crippen molar-refractivity contribution in [2.24, 2.45) is 5.92 Å². The molecule has 1 aliphatic rings. The summed E-state index contributed by atoms with van der Waals surface area (Å²) >= 11 is 0. The fourth-order valence-corrected chi connectivity index (χ4v) is 13.1. The summed E-state index contributed by atoms with van der Waals surface area (Å²) < 4.78 is 37.4. The van der Waals surface area contributed by atoms with Gasteiger partial charge < -0.3 is 27.8 Å². The molecule has 9 nitrogen and oxygen atoms in total. The quantitative estimate of drug-likeness (QED) is 0.111. The molecule has 3 rings (SSSR count). The highest BCUT2D eigenvalue weighted by molar-refractivity contribution is 6.74. The number of cyclic esters (lactones) is 1. The average molecular weight is 730 g/mol. The van der Waals surface area contributed by atoms with Gasteiger partial charge in [0.05, 0.1) is 33.0 Å². The number of amides is 2. The second-order valence-corrected chi connectivity index (χ2v) is 23.2. The summed E-state index contributed by atoms with van der Waals surface area (Å²) in [5, 5.41) is 0. The predicted octanol–water partition coefficient (Wildman–Crippen LogP) is 9.01. The smallest absolute Gasteiger partial charge is 0.417 e. The number of carbonyl (C=O) groups is 2. The molecule has 11 heteroatoms. The molecule has 0 spiro atoms. The monoisotopic (exact) mass is 729 g/mol. The number of methoxy groups -OCH3 is 2. The molecule has 0 bridgehead atoms. The Morgan fingerprint density at radius 1 is 0.820 bits per heavy atom. The summed E-state index contributed by atoms with van der Waals surface area (Å²) in [5.74, 6) is 0.639. The average Bonchev–Trinajstić information content (AvgIpc) is 3.51. The molecule has 0 aromatic heterocycles. The SMILES string of the molecule is CC[Si](CC)(CC)O[C@@H]([C@H](C)C[C@@H](C)O[Si](CC)(CC)CC)[C@@H](OCc1ccc(OC)c(OC)c1)C(=O)N1C(=O)OC[C@H]1Cc1ccccc1. The van der Waals surface area contributed by atoms with Gasteiger partial charge in [-0.25, -0.2) is 9.69 Å². The van der Waals surface area contributed by atoms with Crippen molar-refractivity contribution in [1.29, 1.82) is 0 Å². The summed E-state index contributed by atoms with van der Waals surface area (Å²) in [7, 11) is -0.964. The molecular weight excluding hydrogens is 667 g/mol. The summed E-state index contributed by atoms with van der Waals surface area (Å²) in [5.41, 5.74) is 1.83. The lowest BCUT2D eigenvalue weighted by molar-refractivity contribution is -0.153. The molecule has 1 fully saturated rings. The summed E-state index contributed by atoms with van der Waals surface area (Å²) in [6.45, 7) is 17.8. The summed E-state index contributed by atoms with van der Waals surface area (Å²) in [6, 6.07) is 20.9. The summed E-state index contributed by atoms with van der Waals surface area (Å²) in [6.07, 6.45) is -1.14. The molecule has 2 amide bonds. The van der Waals surface area contributed by atoms with Crippen molar-refractivity contribution in [3.8, 4) is 11.5 Å². The molecule has 2 aromatic carbocycles. The van der Waals surface area contributed by atoms with E-state index in [4.69, 9.17) is 27.8 Å². The molecule has 280 valence electrons. The maximum Gasteiger partial charge on any atom is 0.417 e. The predicted molar refractivity (Wildman–Crippen MR) is 204 cm³/mol. The van der Waals surface area contributed by atoms with E-state index in [0.717, 1.165) is 47.4 Å². The van der Waals surface area contributed by atoms with Gasteiger partial charge in [0, 0.05) is 6.10 Å². The van der Waals surface area contributed by atoms with Crippen molar-refractivity contribution in [3.05, 3.63) is 59.7 Å². The number of ether oxygens (including phenoxy) is 4. The van der Waals surface area contributed by atoms with Crippen LogP contribution in [0.4, 0.5) is 4.79 Å². The minimum absolute atomic E-state index is 0.0206. The number of nitrogens with zero attached hydrogens (tertiary/aromatic N) is 1. The Bertz CT molecular complexity index is 1320. The van der Waals surface area contributed by atoms with E-state index < -0.39 is 46.9 Å². The summed E-state index contributed by atoms with van der Waals surface area (Å²) in [4.78, 5) is 29.6. The third kappa shape index (κ3) is 10.4. The number of carbonyl (C=O) groups excluding carboxylic acids is 2. The number of hydrogen-bond donors (Lipinski definition) is 0. The van der Waals surface area contributed by atoms with Crippen LogP contribution in [0, 0.1) is 5.92 Å². The Labute approximate surface area is 303 Å². The number of hydrogen-bond acceptors (Lipinski definition) is 8. The fraction of sp³-hybridized carbons (Fsp3) is 0.641. The normalized spacial score (nSPS) is 17.6. The highest BCUT2D eigenvalue weighted by Gasteiger charge is 2.47. The van der Waals surface area contributed by atoms with E-state index in [1.807, 2.05) is 48.5 Å². The second-order valence-electron chi connectivity index (χ2n) is 13.8. The zero-order chi connectivity index (χ0) is 36.9. The van der Waals surface area contributed by atoms with Crippen molar-refractivity contribution >= 4 is 28.6 Å². The van der Waals surface area contributed by atoms with Crippen LogP contribution in [0.1, 0.15) is 72.9 Å². The zero-order valence-electron chi connectivity index (χ0n) is 32.3. The van der Waals surface area contributed by atoms with Gasteiger partial charge in [-0.15, -0.1) is 0 Å². The molecule has 1 heterocycles. The van der Waals surface area contributed by atoms with Crippen LogP contribution in [0.5, 0.6) is 11.5 Å². The van der Waals surface area contributed by atoms with Crippen molar-refractivity contribution in [2.75, 3.05) is 20.8 Å². The largest absolute Gasteiger partial charge is 0.493 e. The lowest BCUT2D eigenvalue weighted by Crippen LogP contribution is -2.56. The van der Waals surface area contributed by atoms with Gasteiger partial charge in [-0.1, -0.05) is 84.9 Å². The first-order chi connectivity index (χ1) is 24.0. The molecule has 1 saturated heterocycles. The van der Waals surface area contributed by atoms with Gasteiger partial charge in [-0.3, -0.25) is 4.79 Å². The van der Waals surface area contributed by atoms with Crippen LogP contribution in [0.25, 0.3) is 0 Å². The van der Waals surface area contributed by atoms with Gasteiger partial charge in [0.15, 0.2) is 34.2 Å². The molecule has 0 N–H and O–H groups in total. The van der Waals surface area contributed by atoms with Crippen LogP contribution in [0.15, 0.2) is 48.5 Å². The van der Waals surface area contributed by atoms with E-state index in [0.29, 0.717) is 24.3 Å². The Morgan fingerprint density at radius 3 is 1.96 bits per heavy atom. The van der Waals surface area contributed by atoms with Crippen LogP contribution in [-0.2, 0) is 36.1 Å². The van der Waals surface area contributed by atoms with E-state index >= 15 is 0 Å². The van der Waals surface area contributed by atoms with Crippen LogP contribution < -0.4 is 9.47 Å². The number of benzene rings is 2. The van der Waals surface area contributed by atoms with Gasteiger partial charge >= 0.3 is 6.09 Å². The van der Waals surface area contributed by atoms with Gasteiger partial charge in [-0.05, 0) is 85.2 Å². The highest BCUT2D eigenvalue weighted by atomic mass is 28.4. The molecule has 0 radical (unpaired) electrons. The van der Waals surface area contributed by atoms with E-state index in [1.54, 1.807) is 14.2 Å². The molecule has 1 aliphatic heterocycles. The van der Waals surface area contributed by atoms with Crippen molar-refractivity contribution in [3.63, 3.8) is 0 Å². The molecule has 5 atom stereocenters. The molecule has 0 unspecified atom stereocenters. The van der Waals surface area contributed by atoms with Crippen molar-refractivity contribution in [2.45, 2.75) is 135 Å². The second kappa shape index (κ2) is 19.8. The Balaban J connectivity index is 2.07. The highest BCUT2D eigenvalue weighted by Crippen LogP contribution is 2.34. The maximum absolute atomic E-state index is 14.9. The standard InChI is InChI=1S/C39H63NO8Si2/c1-11-49(12-2,13-3)47-30(8)24-29(7)36(48-50(14-4,15-5)16-6)37(45-27-32-22-23-34(43-9)35(26-32)44-10)38(41)40-33(28-46-39(40)42)25-31-20-18-17-19-21-31/h17-23,26,29-30,33,36-37H,11-16,24-25,27-28H2,1-10H3/t29-,30-,33-,36+,37-/m1/s1. The number of rotatable bonds is 22. The van der Waals surface area contributed by atoms with Gasteiger partial charge in [0.1, 0.15) is 6.61 Å². The zero-order valence-corrected chi connectivity index (χ0v) is 34.3. The lowest BCUT2D eigenvalue weighted by Gasteiger charge is -2.41. The van der Waals surface area contributed by atoms with E-state index in [2.05, 4.69) is 55.4 Å². The van der Waals surface area contributed by atoms with Crippen LogP contribution in [-0.4, -0.2) is 78.7 Å². The maximum atomic E-state index is 14.9. The minimum Gasteiger partial charge on any atom is -0.493 e. The third-order valence-electron chi connectivity index (χ3n) is 10.9. The Kier molecular flexibility index (Phi) is 16.5. The van der Waals surface area contributed by atoms with E-state index in [-0.39, 0.29) is 25.2 Å². The molecule has 0 aliphatic carbocycles. The third-order valence-corrected chi connectivity index (χ3v) is 20.3. The first kappa shape index (κ1) is 41.7. The first-order valence-corrected chi connectivity index (χ1v) is 23.8. The molecule has 2 aromatic rings.